The first-order valence-electron chi connectivity index (χ1n) is 7.99. The Morgan fingerprint density at radius 1 is 1.04 bits per heavy atom. The van der Waals surface area contributed by atoms with Crippen molar-refractivity contribution in [3.63, 3.8) is 0 Å². The Kier molecular flexibility index (Phi) is 3.46. The summed E-state index contributed by atoms with van der Waals surface area (Å²) in [6.07, 6.45) is 1.01. The highest BCUT2D eigenvalue weighted by molar-refractivity contribution is 6.52. The second-order valence-electron chi connectivity index (χ2n) is 6.14. The van der Waals surface area contributed by atoms with Crippen LogP contribution in [0.15, 0.2) is 48.5 Å². The van der Waals surface area contributed by atoms with Crippen LogP contribution < -0.4 is 10.2 Å². The number of rotatable bonds is 3. The SMILES string of the molecule is O=C1C(=O)N(Cc2ccccc2)c2cccc(C3CCNC3)c21. The van der Waals surface area contributed by atoms with Crippen LogP contribution in [-0.2, 0) is 11.3 Å². The Morgan fingerprint density at radius 3 is 2.61 bits per heavy atom. The molecule has 1 atom stereocenters. The zero-order valence-corrected chi connectivity index (χ0v) is 12.8. The lowest BCUT2D eigenvalue weighted by Crippen LogP contribution is -2.29. The van der Waals surface area contributed by atoms with Gasteiger partial charge in [0.05, 0.1) is 17.8 Å². The number of hydrogen-bond acceptors (Lipinski definition) is 3. The van der Waals surface area contributed by atoms with Gasteiger partial charge < -0.3 is 10.2 Å². The van der Waals surface area contributed by atoms with Crippen LogP contribution in [0.25, 0.3) is 0 Å². The van der Waals surface area contributed by atoms with E-state index in [-0.39, 0.29) is 5.78 Å². The van der Waals surface area contributed by atoms with Crippen molar-refractivity contribution in [2.75, 3.05) is 18.0 Å². The summed E-state index contributed by atoms with van der Waals surface area (Å²) in [7, 11) is 0. The molecule has 2 aromatic rings. The molecule has 0 spiro atoms. The molecule has 23 heavy (non-hydrogen) atoms. The summed E-state index contributed by atoms with van der Waals surface area (Å²) in [6, 6.07) is 15.6. The second-order valence-corrected chi connectivity index (χ2v) is 6.14. The lowest BCUT2D eigenvalue weighted by Gasteiger charge is -2.18. The number of carbonyl (C=O) groups excluding carboxylic acids is 2. The van der Waals surface area contributed by atoms with Gasteiger partial charge >= 0.3 is 0 Å². The molecule has 0 saturated carbocycles. The zero-order chi connectivity index (χ0) is 15.8. The maximum Gasteiger partial charge on any atom is 0.299 e. The topological polar surface area (TPSA) is 49.4 Å². The molecule has 2 aromatic carbocycles. The van der Waals surface area contributed by atoms with E-state index in [0.717, 1.165) is 36.3 Å². The van der Waals surface area contributed by atoms with E-state index < -0.39 is 5.91 Å². The van der Waals surface area contributed by atoms with E-state index in [0.29, 0.717) is 18.0 Å². The van der Waals surface area contributed by atoms with Gasteiger partial charge in [-0.25, -0.2) is 0 Å². The van der Waals surface area contributed by atoms with Crippen molar-refractivity contribution >= 4 is 17.4 Å². The molecule has 0 aliphatic carbocycles. The Bertz CT molecular complexity index is 764. The van der Waals surface area contributed by atoms with Crippen molar-refractivity contribution in [2.24, 2.45) is 0 Å². The smallest absolute Gasteiger partial charge is 0.299 e. The maximum absolute atomic E-state index is 12.6. The van der Waals surface area contributed by atoms with Crippen molar-refractivity contribution in [3.05, 3.63) is 65.2 Å². The fraction of sp³-hybridized carbons (Fsp3) is 0.263. The standard InChI is InChI=1S/C19H18N2O2/c22-18-17-15(14-9-10-20-11-14)7-4-8-16(17)21(19(18)23)12-13-5-2-1-3-6-13/h1-8,14,20H,9-12H2. The van der Waals surface area contributed by atoms with Crippen molar-refractivity contribution in [3.8, 4) is 0 Å². The van der Waals surface area contributed by atoms with E-state index in [1.54, 1.807) is 4.90 Å². The fourth-order valence-corrected chi connectivity index (χ4v) is 3.55. The van der Waals surface area contributed by atoms with E-state index in [4.69, 9.17) is 0 Å². The van der Waals surface area contributed by atoms with Crippen LogP contribution in [0, 0.1) is 0 Å². The highest BCUT2D eigenvalue weighted by Gasteiger charge is 2.39. The van der Waals surface area contributed by atoms with Gasteiger partial charge in [0.15, 0.2) is 0 Å². The zero-order valence-electron chi connectivity index (χ0n) is 12.8. The Labute approximate surface area is 135 Å². The predicted octanol–water partition coefficient (Wildman–Crippen LogP) is 2.49. The summed E-state index contributed by atoms with van der Waals surface area (Å²) in [5.74, 6) is -0.459. The first-order chi connectivity index (χ1) is 11.3. The number of ketones is 1. The molecule has 4 rings (SSSR count). The molecule has 2 aliphatic rings. The van der Waals surface area contributed by atoms with Gasteiger partial charge in [-0.1, -0.05) is 42.5 Å². The van der Waals surface area contributed by atoms with Crippen LogP contribution in [0.4, 0.5) is 5.69 Å². The Balaban J connectivity index is 1.74. The molecule has 1 unspecified atom stereocenters. The quantitative estimate of drug-likeness (QED) is 0.886. The van der Waals surface area contributed by atoms with E-state index in [9.17, 15) is 9.59 Å². The number of anilines is 1. The number of nitrogens with one attached hydrogen (secondary N) is 1. The van der Waals surface area contributed by atoms with Crippen molar-refractivity contribution in [1.29, 1.82) is 0 Å². The van der Waals surface area contributed by atoms with Crippen LogP contribution >= 0.6 is 0 Å². The normalized spacial score (nSPS) is 20.2. The van der Waals surface area contributed by atoms with E-state index in [2.05, 4.69) is 5.32 Å². The van der Waals surface area contributed by atoms with Gasteiger partial charge in [0.25, 0.3) is 11.7 Å². The molecule has 116 valence electrons. The minimum Gasteiger partial charge on any atom is -0.316 e. The van der Waals surface area contributed by atoms with Crippen molar-refractivity contribution in [1.82, 2.24) is 5.32 Å². The minimum atomic E-state index is -0.415. The van der Waals surface area contributed by atoms with Gasteiger partial charge in [-0.15, -0.1) is 0 Å². The molecule has 1 amide bonds. The number of hydrogen-bond donors (Lipinski definition) is 1. The number of benzene rings is 2. The molecule has 1 N–H and O–H groups in total. The van der Waals surface area contributed by atoms with E-state index in [1.807, 2.05) is 48.5 Å². The Morgan fingerprint density at radius 2 is 1.87 bits per heavy atom. The monoisotopic (exact) mass is 306 g/mol. The lowest BCUT2D eigenvalue weighted by molar-refractivity contribution is -0.114. The van der Waals surface area contributed by atoms with E-state index >= 15 is 0 Å². The summed E-state index contributed by atoms with van der Waals surface area (Å²) < 4.78 is 0. The number of fused-ring (bicyclic) bond motifs is 1. The number of carbonyl (C=O) groups is 2. The molecule has 4 heteroatoms. The predicted molar refractivity (Wildman–Crippen MR) is 88.6 cm³/mol. The number of amides is 1. The highest BCUT2D eigenvalue weighted by Crippen LogP contribution is 2.37. The summed E-state index contributed by atoms with van der Waals surface area (Å²) in [6.45, 7) is 2.27. The third kappa shape index (κ3) is 2.35. The van der Waals surface area contributed by atoms with Gasteiger partial charge in [-0.3, -0.25) is 9.59 Å². The second kappa shape index (κ2) is 5.63. The summed E-state index contributed by atoms with van der Waals surface area (Å²) in [4.78, 5) is 26.7. The first-order valence-corrected chi connectivity index (χ1v) is 7.99. The van der Waals surface area contributed by atoms with Crippen molar-refractivity contribution in [2.45, 2.75) is 18.9 Å². The molecule has 1 fully saturated rings. The molecule has 0 radical (unpaired) electrons. The average molecular weight is 306 g/mol. The Hall–Kier alpha value is -2.46. The van der Waals surface area contributed by atoms with Crippen LogP contribution in [0.1, 0.15) is 33.8 Å². The molecule has 4 nitrogen and oxygen atoms in total. The molecular formula is C19H18N2O2. The summed E-state index contributed by atoms with van der Waals surface area (Å²) in [5.41, 5.74) is 3.41. The molecule has 0 aromatic heterocycles. The molecule has 1 saturated heterocycles. The fourth-order valence-electron chi connectivity index (χ4n) is 3.55. The lowest BCUT2D eigenvalue weighted by atomic mass is 9.91. The highest BCUT2D eigenvalue weighted by atomic mass is 16.2. The third-order valence-electron chi connectivity index (χ3n) is 4.72. The number of nitrogens with zero attached hydrogens (tertiary/aromatic N) is 1. The van der Waals surface area contributed by atoms with Gasteiger partial charge in [-0.2, -0.15) is 0 Å². The average Bonchev–Trinajstić information content (AvgIpc) is 3.20. The number of Topliss-reactive ketones (excluding diaryl/α,β-unsaturated/α-hetero) is 1. The third-order valence-corrected chi connectivity index (χ3v) is 4.72. The molecule has 0 bridgehead atoms. The van der Waals surface area contributed by atoms with Gasteiger partial charge in [0.2, 0.25) is 0 Å². The van der Waals surface area contributed by atoms with Crippen molar-refractivity contribution < 1.29 is 9.59 Å². The summed E-state index contributed by atoms with van der Waals surface area (Å²) in [5, 5.41) is 3.33. The first kappa shape index (κ1) is 14.2. The van der Waals surface area contributed by atoms with Gasteiger partial charge in [0, 0.05) is 6.54 Å². The van der Waals surface area contributed by atoms with Gasteiger partial charge in [0.1, 0.15) is 0 Å². The molecule has 2 aliphatic heterocycles. The summed E-state index contributed by atoms with van der Waals surface area (Å²) >= 11 is 0. The largest absolute Gasteiger partial charge is 0.316 e. The molecule has 2 heterocycles. The van der Waals surface area contributed by atoms with Crippen LogP contribution in [-0.4, -0.2) is 24.8 Å². The van der Waals surface area contributed by atoms with Crippen LogP contribution in [0.2, 0.25) is 0 Å². The van der Waals surface area contributed by atoms with Crippen LogP contribution in [0.5, 0.6) is 0 Å². The molecular weight excluding hydrogens is 288 g/mol. The minimum absolute atomic E-state index is 0.318. The maximum atomic E-state index is 12.6. The van der Waals surface area contributed by atoms with Crippen LogP contribution in [0.3, 0.4) is 0 Å². The van der Waals surface area contributed by atoms with Gasteiger partial charge in [-0.05, 0) is 36.1 Å². The van der Waals surface area contributed by atoms with E-state index in [1.165, 1.54) is 0 Å².